The largest absolute Gasteiger partial charge is 0.383 e. The molecule has 2 fully saturated rings. The third-order valence-electron chi connectivity index (χ3n) is 7.04. The number of nitrogens with zero attached hydrogens (tertiary/aromatic N) is 4. The molecule has 2 aromatic rings. The minimum atomic E-state index is -0.585. The number of nitrogens with one attached hydrogen (secondary N) is 1. The van der Waals surface area contributed by atoms with E-state index in [0.717, 1.165) is 28.1 Å². The molecule has 2 aliphatic heterocycles. The van der Waals surface area contributed by atoms with Gasteiger partial charge < -0.3 is 19.9 Å². The second kappa shape index (κ2) is 11.9. The van der Waals surface area contributed by atoms with E-state index in [2.05, 4.69) is 10.3 Å². The van der Waals surface area contributed by atoms with Crippen LogP contribution < -0.4 is 5.32 Å². The molecule has 0 spiro atoms. The van der Waals surface area contributed by atoms with Gasteiger partial charge in [0.2, 0.25) is 17.7 Å². The van der Waals surface area contributed by atoms with Crippen molar-refractivity contribution < 1.29 is 19.1 Å². The third kappa shape index (κ3) is 5.93. The molecule has 1 aromatic carbocycles. The van der Waals surface area contributed by atoms with Crippen LogP contribution in [0.25, 0.3) is 10.4 Å². The molecule has 3 heterocycles. The Balaban J connectivity index is 1.31. The Labute approximate surface area is 216 Å². The number of methoxy groups -OCH3 is 1. The summed E-state index contributed by atoms with van der Waals surface area (Å²) in [6.45, 7) is 7.45. The molecule has 2 saturated heterocycles. The monoisotopic (exact) mass is 513 g/mol. The van der Waals surface area contributed by atoms with Gasteiger partial charge in [-0.3, -0.25) is 19.3 Å². The van der Waals surface area contributed by atoms with Crippen LogP contribution in [-0.4, -0.2) is 95.9 Å². The fourth-order valence-electron chi connectivity index (χ4n) is 4.89. The van der Waals surface area contributed by atoms with E-state index in [0.29, 0.717) is 45.8 Å². The molecule has 2 atom stereocenters. The lowest BCUT2D eigenvalue weighted by molar-refractivity contribution is -0.150. The summed E-state index contributed by atoms with van der Waals surface area (Å²) in [5.74, 6) is -0.364. The zero-order valence-electron chi connectivity index (χ0n) is 21.2. The second-order valence-corrected chi connectivity index (χ2v) is 10.3. The summed E-state index contributed by atoms with van der Waals surface area (Å²) >= 11 is 1.61. The van der Waals surface area contributed by atoms with E-state index in [1.54, 1.807) is 35.2 Å². The minimum Gasteiger partial charge on any atom is -0.383 e. The number of piperazine rings is 1. The molecule has 4 rings (SSSR count). The highest BCUT2D eigenvalue weighted by molar-refractivity contribution is 7.13. The van der Waals surface area contributed by atoms with Crippen LogP contribution in [-0.2, 0) is 25.7 Å². The predicted octanol–water partition coefficient (Wildman–Crippen LogP) is 1.90. The van der Waals surface area contributed by atoms with E-state index in [4.69, 9.17) is 4.74 Å². The lowest BCUT2D eigenvalue weighted by atomic mass is 10.1. The van der Waals surface area contributed by atoms with Crippen molar-refractivity contribution in [2.45, 2.75) is 45.3 Å². The Kier molecular flexibility index (Phi) is 8.71. The fraction of sp³-hybridized carbons (Fsp3) is 0.538. The molecule has 194 valence electrons. The number of ether oxygens (including phenoxy) is 1. The zero-order chi connectivity index (χ0) is 25.7. The molecule has 2 unspecified atom stereocenters. The van der Waals surface area contributed by atoms with Gasteiger partial charge in [-0.05, 0) is 37.8 Å². The van der Waals surface area contributed by atoms with Crippen molar-refractivity contribution in [3.8, 4) is 10.4 Å². The van der Waals surface area contributed by atoms with Crippen LogP contribution in [0.2, 0.25) is 0 Å². The highest BCUT2D eigenvalue weighted by Gasteiger charge is 2.39. The highest BCUT2D eigenvalue weighted by Crippen LogP contribution is 2.27. The summed E-state index contributed by atoms with van der Waals surface area (Å²) < 4.78 is 5.10. The number of likely N-dealkylation sites (tertiary alicyclic amines) is 1. The number of hydrogen-bond acceptors (Lipinski definition) is 7. The lowest BCUT2D eigenvalue weighted by Crippen LogP contribution is -2.59. The van der Waals surface area contributed by atoms with Crippen molar-refractivity contribution in [1.82, 2.24) is 25.0 Å². The van der Waals surface area contributed by atoms with Crippen LogP contribution in [0.4, 0.5) is 0 Å². The van der Waals surface area contributed by atoms with Gasteiger partial charge in [0.05, 0.1) is 29.2 Å². The highest BCUT2D eigenvalue weighted by atomic mass is 32.1. The topological polar surface area (TPSA) is 95.1 Å². The van der Waals surface area contributed by atoms with Crippen LogP contribution >= 0.6 is 11.3 Å². The van der Waals surface area contributed by atoms with Gasteiger partial charge >= 0.3 is 0 Å². The molecule has 0 saturated carbocycles. The molecule has 10 heteroatoms. The van der Waals surface area contributed by atoms with Crippen molar-refractivity contribution in [2.75, 3.05) is 46.4 Å². The summed E-state index contributed by atoms with van der Waals surface area (Å²) in [6, 6.07) is 7.01. The SMILES string of the molecule is COCCN1CCN(C(C)C(=O)N2CCCC2C(=O)NCc2ccc(-c3scnc3C)cc2)C(=O)C1. The normalized spacial score (nSPS) is 19.5. The Hall–Kier alpha value is -2.82. The number of rotatable bonds is 9. The molecular formula is C26H35N5O4S. The number of aryl methyl sites for hydroxylation is 1. The Morgan fingerprint density at radius 2 is 2.00 bits per heavy atom. The van der Waals surface area contributed by atoms with Crippen LogP contribution in [0.5, 0.6) is 0 Å². The van der Waals surface area contributed by atoms with Crippen molar-refractivity contribution >= 4 is 29.1 Å². The lowest BCUT2D eigenvalue weighted by Gasteiger charge is -2.38. The van der Waals surface area contributed by atoms with E-state index in [1.165, 1.54) is 0 Å². The first-order valence-electron chi connectivity index (χ1n) is 12.5. The molecule has 0 bridgehead atoms. The molecule has 9 nitrogen and oxygen atoms in total. The van der Waals surface area contributed by atoms with E-state index < -0.39 is 12.1 Å². The Morgan fingerprint density at radius 3 is 2.67 bits per heavy atom. The molecule has 36 heavy (non-hydrogen) atoms. The molecule has 0 radical (unpaired) electrons. The van der Waals surface area contributed by atoms with E-state index in [-0.39, 0.29) is 24.3 Å². The maximum Gasteiger partial charge on any atom is 0.245 e. The second-order valence-electron chi connectivity index (χ2n) is 9.40. The molecule has 2 aliphatic rings. The van der Waals surface area contributed by atoms with E-state index in [9.17, 15) is 14.4 Å². The van der Waals surface area contributed by atoms with Gasteiger partial charge in [0.25, 0.3) is 0 Å². The van der Waals surface area contributed by atoms with Crippen LogP contribution in [0, 0.1) is 6.92 Å². The van der Waals surface area contributed by atoms with Crippen molar-refractivity contribution in [3.63, 3.8) is 0 Å². The van der Waals surface area contributed by atoms with Crippen LogP contribution in [0.15, 0.2) is 29.8 Å². The summed E-state index contributed by atoms with van der Waals surface area (Å²) in [7, 11) is 1.64. The smallest absolute Gasteiger partial charge is 0.245 e. The Bertz CT molecular complexity index is 1070. The average molecular weight is 514 g/mol. The number of hydrogen-bond donors (Lipinski definition) is 1. The van der Waals surface area contributed by atoms with Gasteiger partial charge in [0.15, 0.2) is 0 Å². The first-order valence-corrected chi connectivity index (χ1v) is 13.4. The summed E-state index contributed by atoms with van der Waals surface area (Å²) in [4.78, 5) is 49.8. The Morgan fingerprint density at radius 1 is 1.22 bits per heavy atom. The van der Waals surface area contributed by atoms with Gasteiger partial charge in [0, 0.05) is 39.8 Å². The molecule has 3 amide bonds. The first kappa shape index (κ1) is 26.2. The average Bonchev–Trinajstić information content (AvgIpc) is 3.55. The van der Waals surface area contributed by atoms with Gasteiger partial charge in [-0.1, -0.05) is 24.3 Å². The summed E-state index contributed by atoms with van der Waals surface area (Å²) in [6.07, 6.45) is 1.41. The van der Waals surface area contributed by atoms with Crippen LogP contribution in [0.3, 0.4) is 0 Å². The van der Waals surface area contributed by atoms with Gasteiger partial charge in [-0.25, -0.2) is 4.98 Å². The number of benzene rings is 1. The van der Waals surface area contributed by atoms with Crippen molar-refractivity contribution in [2.24, 2.45) is 0 Å². The predicted molar refractivity (Wildman–Crippen MR) is 138 cm³/mol. The van der Waals surface area contributed by atoms with E-state index >= 15 is 0 Å². The summed E-state index contributed by atoms with van der Waals surface area (Å²) in [5, 5.41) is 3.00. The number of aromatic nitrogens is 1. The molecule has 1 aromatic heterocycles. The van der Waals surface area contributed by atoms with E-state index in [1.807, 2.05) is 41.6 Å². The zero-order valence-corrected chi connectivity index (χ0v) is 22.1. The third-order valence-corrected chi connectivity index (χ3v) is 8.02. The number of carbonyl (C=O) groups is 3. The number of carbonyl (C=O) groups excluding carboxylic acids is 3. The molecule has 1 N–H and O–H groups in total. The maximum atomic E-state index is 13.3. The van der Waals surface area contributed by atoms with Gasteiger partial charge in [-0.2, -0.15) is 0 Å². The van der Waals surface area contributed by atoms with Crippen LogP contribution in [0.1, 0.15) is 31.0 Å². The van der Waals surface area contributed by atoms with Gasteiger partial charge in [0.1, 0.15) is 12.1 Å². The maximum absolute atomic E-state index is 13.3. The molecule has 0 aliphatic carbocycles. The number of thiazole rings is 1. The van der Waals surface area contributed by atoms with Gasteiger partial charge in [-0.15, -0.1) is 11.3 Å². The fourth-order valence-corrected chi connectivity index (χ4v) is 5.70. The molecular weight excluding hydrogens is 478 g/mol. The quantitative estimate of drug-likeness (QED) is 0.551. The standard InChI is InChI=1S/C26H35N5O4S/c1-18-24(36-17-28-18)21-8-6-20(7-9-21)15-27-25(33)22-5-4-10-31(22)26(34)19(2)30-12-11-29(13-14-35-3)16-23(30)32/h6-9,17,19,22H,4-5,10-16H2,1-3H3,(H,27,33). The number of amides is 3. The summed E-state index contributed by atoms with van der Waals surface area (Å²) in [5.41, 5.74) is 4.96. The first-order chi connectivity index (χ1) is 17.4. The van der Waals surface area contributed by atoms with Crippen molar-refractivity contribution in [1.29, 1.82) is 0 Å². The minimum absolute atomic E-state index is 0.0598. The van der Waals surface area contributed by atoms with Crippen molar-refractivity contribution in [3.05, 3.63) is 41.0 Å².